The minimum Gasteiger partial charge on any atom is -0.490 e. The maximum Gasteiger partial charge on any atom is 0.315 e. The second kappa shape index (κ2) is 7.76. The molecule has 148 valence electrons. The summed E-state index contributed by atoms with van der Waals surface area (Å²) in [4.78, 5) is 41.0. The molecule has 0 atom stereocenters. The van der Waals surface area contributed by atoms with Crippen LogP contribution in [0.4, 0.5) is 5.69 Å². The molecule has 10 heteroatoms. The SMILES string of the molecule is COc1cccc(CN2CCc3nc(-c4cncnc4)[nH]c(=O)c3C2)c1[N+](=O)[O-]. The van der Waals surface area contributed by atoms with E-state index in [-0.39, 0.29) is 17.0 Å². The van der Waals surface area contributed by atoms with Crippen molar-refractivity contribution >= 4 is 5.69 Å². The number of fused-ring (bicyclic) bond motifs is 1. The van der Waals surface area contributed by atoms with Crippen molar-refractivity contribution in [3.8, 4) is 17.1 Å². The minimum absolute atomic E-state index is 0.0488. The number of hydrogen-bond acceptors (Lipinski definition) is 8. The van der Waals surface area contributed by atoms with Gasteiger partial charge < -0.3 is 9.72 Å². The number of aromatic nitrogens is 4. The van der Waals surface area contributed by atoms with Gasteiger partial charge in [-0.1, -0.05) is 12.1 Å². The summed E-state index contributed by atoms with van der Waals surface area (Å²) in [5.74, 6) is 0.658. The van der Waals surface area contributed by atoms with Gasteiger partial charge in [0.25, 0.3) is 5.56 Å². The maximum absolute atomic E-state index is 12.6. The van der Waals surface area contributed by atoms with Crippen LogP contribution in [0, 0.1) is 10.1 Å². The lowest BCUT2D eigenvalue weighted by Gasteiger charge is -2.27. The zero-order chi connectivity index (χ0) is 20.4. The Kier molecular flexibility index (Phi) is 5.00. The van der Waals surface area contributed by atoms with Gasteiger partial charge in [-0.05, 0) is 6.07 Å². The monoisotopic (exact) mass is 394 g/mol. The molecule has 0 saturated heterocycles. The molecule has 1 aliphatic heterocycles. The number of para-hydroxylation sites is 1. The first kappa shape index (κ1) is 18.7. The fraction of sp³-hybridized carbons (Fsp3) is 0.263. The third kappa shape index (κ3) is 3.69. The lowest BCUT2D eigenvalue weighted by Crippen LogP contribution is -2.35. The van der Waals surface area contributed by atoms with Crippen LogP contribution in [0.25, 0.3) is 11.4 Å². The number of aromatic amines is 1. The highest BCUT2D eigenvalue weighted by Crippen LogP contribution is 2.32. The van der Waals surface area contributed by atoms with Crippen LogP contribution >= 0.6 is 0 Å². The van der Waals surface area contributed by atoms with Crippen molar-refractivity contribution in [2.45, 2.75) is 19.5 Å². The highest BCUT2D eigenvalue weighted by Gasteiger charge is 2.26. The molecule has 3 aromatic rings. The first-order valence-corrected chi connectivity index (χ1v) is 8.97. The van der Waals surface area contributed by atoms with Gasteiger partial charge in [-0.25, -0.2) is 15.0 Å². The number of nitro benzene ring substituents is 1. The van der Waals surface area contributed by atoms with E-state index in [4.69, 9.17) is 4.74 Å². The van der Waals surface area contributed by atoms with Crippen LogP contribution in [0.15, 0.2) is 41.7 Å². The Bertz CT molecular complexity index is 1120. The van der Waals surface area contributed by atoms with Crippen molar-refractivity contribution in [1.82, 2.24) is 24.8 Å². The van der Waals surface area contributed by atoms with E-state index in [0.29, 0.717) is 48.6 Å². The van der Waals surface area contributed by atoms with Gasteiger partial charge in [0, 0.05) is 44.0 Å². The van der Waals surface area contributed by atoms with Gasteiger partial charge in [0.2, 0.25) is 0 Å². The Hall–Kier alpha value is -3.66. The molecule has 3 heterocycles. The van der Waals surface area contributed by atoms with E-state index in [1.54, 1.807) is 30.6 Å². The molecule has 0 radical (unpaired) electrons. The second-order valence-corrected chi connectivity index (χ2v) is 6.65. The Labute approximate surface area is 165 Å². The molecule has 0 saturated carbocycles. The van der Waals surface area contributed by atoms with Crippen LogP contribution in [0.1, 0.15) is 16.8 Å². The molecule has 2 aromatic heterocycles. The fourth-order valence-electron chi connectivity index (χ4n) is 3.48. The lowest BCUT2D eigenvalue weighted by atomic mass is 10.0. The van der Waals surface area contributed by atoms with Crippen LogP contribution in [0.3, 0.4) is 0 Å². The Morgan fingerprint density at radius 2 is 2.10 bits per heavy atom. The smallest absolute Gasteiger partial charge is 0.315 e. The number of hydrogen-bond donors (Lipinski definition) is 1. The molecule has 1 N–H and O–H groups in total. The van der Waals surface area contributed by atoms with Crippen LogP contribution in [-0.4, -0.2) is 43.4 Å². The van der Waals surface area contributed by atoms with Crippen LogP contribution in [0.5, 0.6) is 5.75 Å². The number of methoxy groups -OCH3 is 1. The number of ether oxygens (including phenoxy) is 1. The summed E-state index contributed by atoms with van der Waals surface area (Å²) in [7, 11) is 1.41. The Morgan fingerprint density at radius 3 is 2.83 bits per heavy atom. The lowest BCUT2D eigenvalue weighted by molar-refractivity contribution is -0.386. The highest BCUT2D eigenvalue weighted by molar-refractivity contribution is 5.53. The summed E-state index contributed by atoms with van der Waals surface area (Å²) < 4.78 is 5.13. The normalized spacial score (nSPS) is 13.7. The van der Waals surface area contributed by atoms with Crippen molar-refractivity contribution in [3.63, 3.8) is 0 Å². The zero-order valence-corrected chi connectivity index (χ0v) is 15.7. The van der Waals surface area contributed by atoms with Gasteiger partial charge in [-0.3, -0.25) is 19.8 Å². The number of benzene rings is 1. The quantitative estimate of drug-likeness (QED) is 0.512. The predicted octanol–water partition coefficient (Wildman–Crippen LogP) is 1.70. The molecule has 0 amide bonds. The van der Waals surface area contributed by atoms with E-state index in [2.05, 4.69) is 19.9 Å². The van der Waals surface area contributed by atoms with Gasteiger partial charge in [0.1, 0.15) is 12.2 Å². The Morgan fingerprint density at radius 1 is 1.31 bits per heavy atom. The standard InChI is InChI=1S/C19H18N6O4/c1-29-16-4-2-3-12(17(16)25(27)28)9-24-6-5-15-14(10-24)19(26)23-18(22-15)13-7-20-11-21-8-13/h2-4,7-8,11H,5-6,9-10H2,1H3,(H,22,23,26). The summed E-state index contributed by atoms with van der Waals surface area (Å²) in [5, 5.41) is 11.5. The average Bonchev–Trinajstić information content (AvgIpc) is 2.74. The molecule has 0 spiro atoms. The van der Waals surface area contributed by atoms with Gasteiger partial charge in [0.15, 0.2) is 5.75 Å². The Balaban J connectivity index is 1.61. The number of nitrogens with zero attached hydrogens (tertiary/aromatic N) is 5. The van der Waals surface area contributed by atoms with Gasteiger partial charge in [-0.2, -0.15) is 0 Å². The topological polar surface area (TPSA) is 127 Å². The molecule has 1 aliphatic rings. The second-order valence-electron chi connectivity index (χ2n) is 6.65. The van der Waals surface area contributed by atoms with Crippen molar-refractivity contribution in [1.29, 1.82) is 0 Å². The van der Waals surface area contributed by atoms with Crippen LogP contribution < -0.4 is 10.3 Å². The van der Waals surface area contributed by atoms with Gasteiger partial charge >= 0.3 is 5.69 Å². The van der Waals surface area contributed by atoms with Gasteiger partial charge in [0.05, 0.1) is 28.9 Å². The van der Waals surface area contributed by atoms with Crippen molar-refractivity contribution in [2.24, 2.45) is 0 Å². The molecular formula is C19H18N6O4. The molecule has 0 unspecified atom stereocenters. The molecule has 0 fully saturated rings. The van der Waals surface area contributed by atoms with Crippen molar-refractivity contribution < 1.29 is 9.66 Å². The fourth-order valence-corrected chi connectivity index (χ4v) is 3.48. The first-order chi connectivity index (χ1) is 14.1. The first-order valence-electron chi connectivity index (χ1n) is 8.97. The molecule has 0 bridgehead atoms. The van der Waals surface area contributed by atoms with E-state index >= 15 is 0 Å². The number of H-pyrrole nitrogens is 1. The molecule has 1 aromatic carbocycles. The highest BCUT2D eigenvalue weighted by atomic mass is 16.6. The summed E-state index contributed by atoms with van der Waals surface area (Å²) >= 11 is 0. The summed E-state index contributed by atoms with van der Waals surface area (Å²) in [6, 6.07) is 5.00. The zero-order valence-electron chi connectivity index (χ0n) is 15.7. The summed E-state index contributed by atoms with van der Waals surface area (Å²) in [6.45, 7) is 1.32. The predicted molar refractivity (Wildman–Crippen MR) is 103 cm³/mol. The van der Waals surface area contributed by atoms with Crippen LogP contribution in [-0.2, 0) is 19.5 Å². The molecule has 0 aliphatic carbocycles. The van der Waals surface area contributed by atoms with Crippen molar-refractivity contribution in [3.05, 3.63) is 74.2 Å². The molecular weight excluding hydrogens is 376 g/mol. The minimum atomic E-state index is -0.436. The molecule has 29 heavy (non-hydrogen) atoms. The van der Waals surface area contributed by atoms with E-state index in [0.717, 1.165) is 5.69 Å². The largest absolute Gasteiger partial charge is 0.490 e. The number of nitro groups is 1. The van der Waals surface area contributed by atoms with E-state index < -0.39 is 4.92 Å². The van der Waals surface area contributed by atoms with Crippen molar-refractivity contribution in [2.75, 3.05) is 13.7 Å². The van der Waals surface area contributed by atoms with Crippen LogP contribution in [0.2, 0.25) is 0 Å². The third-order valence-electron chi connectivity index (χ3n) is 4.86. The molecule has 4 rings (SSSR count). The average molecular weight is 394 g/mol. The third-order valence-corrected chi connectivity index (χ3v) is 4.86. The number of nitrogens with one attached hydrogen (secondary N) is 1. The number of rotatable bonds is 5. The summed E-state index contributed by atoms with van der Waals surface area (Å²) in [5.41, 5.74) is 2.21. The van der Waals surface area contributed by atoms with Gasteiger partial charge in [-0.15, -0.1) is 0 Å². The summed E-state index contributed by atoms with van der Waals surface area (Å²) in [6.07, 6.45) is 5.16. The van der Waals surface area contributed by atoms with E-state index in [9.17, 15) is 14.9 Å². The van der Waals surface area contributed by atoms with E-state index in [1.165, 1.54) is 13.4 Å². The molecule has 10 nitrogen and oxygen atoms in total. The van der Waals surface area contributed by atoms with E-state index in [1.807, 2.05) is 4.90 Å². The maximum atomic E-state index is 12.6.